The Morgan fingerprint density at radius 3 is 2.29 bits per heavy atom. The van der Waals surface area contributed by atoms with Crippen molar-refractivity contribution in [2.24, 2.45) is 0 Å². The number of aromatic amines is 2. The number of hydrogen-bond donors (Lipinski definition) is 2. The molecule has 2 aromatic rings. The minimum Gasteiger partial charge on any atom is -0.497 e. The van der Waals surface area contributed by atoms with Crippen LogP contribution in [0.25, 0.3) is 0 Å². The second kappa shape index (κ2) is 5.57. The number of aromatic nitrogens is 2. The Hall–Kier alpha value is -2.34. The quantitative estimate of drug-likeness (QED) is 0.641. The number of nitrogens with zero attached hydrogens (tertiary/aromatic N) is 1. The van der Waals surface area contributed by atoms with E-state index in [0.29, 0.717) is 33.7 Å². The summed E-state index contributed by atoms with van der Waals surface area (Å²) in [5, 5.41) is 0. The third kappa shape index (κ3) is 3.61. The van der Waals surface area contributed by atoms with Crippen LogP contribution < -0.4 is 10.4 Å². The van der Waals surface area contributed by atoms with Gasteiger partial charge >= 0.3 is 5.69 Å². The third-order valence-electron chi connectivity index (χ3n) is 3.02. The standard InChI is InChI=1S/C15H19N3O3/c1-18(2,3)9-12-13(17-15(20)16-12)14(19)10-5-7-11(21-4)8-6-10/h5-8H,9H2,1-4H3,(H-,16,17,19,20)/p+1. The molecule has 0 unspecified atom stereocenters. The lowest BCUT2D eigenvalue weighted by molar-refractivity contribution is -0.884. The molecule has 0 aliphatic heterocycles. The Labute approximate surface area is 123 Å². The predicted molar refractivity (Wildman–Crippen MR) is 79.6 cm³/mol. The number of quaternary nitrogens is 1. The Balaban J connectivity index is 2.36. The molecule has 0 bridgehead atoms. The monoisotopic (exact) mass is 290 g/mol. The number of imidazole rings is 1. The number of ketones is 1. The van der Waals surface area contributed by atoms with E-state index in [-0.39, 0.29) is 11.5 Å². The molecule has 2 N–H and O–H groups in total. The molecule has 0 fully saturated rings. The van der Waals surface area contributed by atoms with E-state index in [1.165, 1.54) is 0 Å². The molecule has 0 aliphatic carbocycles. The van der Waals surface area contributed by atoms with Crippen molar-refractivity contribution in [2.45, 2.75) is 6.54 Å². The van der Waals surface area contributed by atoms with Gasteiger partial charge in [0, 0.05) is 5.56 Å². The first-order valence-electron chi connectivity index (χ1n) is 6.60. The van der Waals surface area contributed by atoms with Gasteiger partial charge in [0.15, 0.2) is 0 Å². The molecule has 1 aromatic heterocycles. The van der Waals surface area contributed by atoms with E-state index in [1.807, 2.05) is 21.1 Å². The molecule has 0 saturated heterocycles. The summed E-state index contributed by atoms with van der Waals surface area (Å²) in [6.45, 7) is 0.552. The Kier molecular flexibility index (Phi) is 3.99. The molecule has 0 aliphatic rings. The van der Waals surface area contributed by atoms with Crippen LogP contribution in [0.5, 0.6) is 5.75 Å². The number of H-pyrrole nitrogens is 2. The summed E-state index contributed by atoms with van der Waals surface area (Å²) in [5.74, 6) is 0.472. The van der Waals surface area contributed by atoms with Gasteiger partial charge in [-0.1, -0.05) is 0 Å². The second-order valence-corrected chi connectivity index (χ2v) is 5.94. The topological polar surface area (TPSA) is 75.0 Å². The van der Waals surface area contributed by atoms with Crippen molar-refractivity contribution in [3.05, 3.63) is 51.7 Å². The van der Waals surface area contributed by atoms with Crippen LogP contribution in [0.3, 0.4) is 0 Å². The molecule has 1 heterocycles. The molecule has 0 atom stereocenters. The van der Waals surface area contributed by atoms with Gasteiger partial charge in [0.05, 0.1) is 28.3 Å². The first kappa shape index (κ1) is 15.1. The van der Waals surface area contributed by atoms with Crippen LogP contribution in [0.1, 0.15) is 21.7 Å². The number of carbonyl (C=O) groups is 1. The van der Waals surface area contributed by atoms with E-state index in [2.05, 4.69) is 9.97 Å². The van der Waals surface area contributed by atoms with Crippen LogP contribution in [-0.4, -0.2) is 48.5 Å². The van der Waals surface area contributed by atoms with E-state index in [9.17, 15) is 9.59 Å². The van der Waals surface area contributed by atoms with Crippen molar-refractivity contribution < 1.29 is 14.0 Å². The normalized spacial score (nSPS) is 11.4. The summed E-state index contributed by atoms with van der Waals surface area (Å²) in [6, 6.07) is 6.80. The zero-order valence-electron chi connectivity index (χ0n) is 12.7. The lowest BCUT2D eigenvalue weighted by atomic mass is 10.1. The van der Waals surface area contributed by atoms with Gasteiger partial charge in [-0.2, -0.15) is 0 Å². The van der Waals surface area contributed by atoms with E-state index >= 15 is 0 Å². The molecule has 0 amide bonds. The van der Waals surface area contributed by atoms with Crippen molar-refractivity contribution in [1.29, 1.82) is 0 Å². The van der Waals surface area contributed by atoms with Gasteiger partial charge in [0.25, 0.3) is 0 Å². The molecule has 2 rings (SSSR count). The molecule has 21 heavy (non-hydrogen) atoms. The average Bonchev–Trinajstić information content (AvgIpc) is 2.76. The van der Waals surface area contributed by atoms with Crippen LogP contribution in [0.4, 0.5) is 0 Å². The highest BCUT2D eigenvalue weighted by molar-refractivity contribution is 6.08. The molecule has 0 spiro atoms. The van der Waals surface area contributed by atoms with Gasteiger partial charge < -0.3 is 19.2 Å². The number of hydrogen-bond acceptors (Lipinski definition) is 3. The van der Waals surface area contributed by atoms with E-state index < -0.39 is 0 Å². The van der Waals surface area contributed by atoms with Gasteiger partial charge in [-0.25, -0.2) is 4.79 Å². The average molecular weight is 290 g/mol. The Bertz CT molecular complexity index is 690. The van der Waals surface area contributed by atoms with Crippen molar-refractivity contribution in [3.63, 3.8) is 0 Å². The summed E-state index contributed by atoms with van der Waals surface area (Å²) in [6.07, 6.45) is 0. The zero-order valence-corrected chi connectivity index (χ0v) is 12.7. The van der Waals surface area contributed by atoms with Crippen LogP contribution in [0.15, 0.2) is 29.1 Å². The molecule has 6 heteroatoms. The van der Waals surface area contributed by atoms with E-state index in [1.54, 1.807) is 31.4 Å². The van der Waals surface area contributed by atoms with Crippen molar-refractivity contribution in [2.75, 3.05) is 28.3 Å². The molecule has 0 radical (unpaired) electrons. The minimum absolute atomic E-state index is 0.209. The highest BCUT2D eigenvalue weighted by Gasteiger charge is 2.21. The number of ether oxygens (including phenoxy) is 1. The summed E-state index contributed by atoms with van der Waals surface area (Å²) >= 11 is 0. The summed E-state index contributed by atoms with van der Waals surface area (Å²) < 4.78 is 5.68. The number of nitrogens with one attached hydrogen (secondary N) is 2. The van der Waals surface area contributed by atoms with Crippen LogP contribution in [0, 0.1) is 0 Å². The minimum atomic E-state index is -0.365. The SMILES string of the molecule is COc1ccc(C(=O)c2[nH]c(=O)[nH]c2C[N+](C)(C)C)cc1. The maximum atomic E-state index is 12.5. The summed E-state index contributed by atoms with van der Waals surface area (Å²) in [5.41, 5.74) is 1.08. The highest BCUT2D eigenvalue weighted by Crippen LogP contribution is 2.16. The zero-order chi connectivity index (χ0) is 15.6. The fraction of sp³-hybridized carbons (Fsp3) is 0.333. The second-order valence-electron chi connectivity index (χ2n) is 5.94. The summed E-state index contributed by atoms with van der Waals surface area (Å²) in [7, 11) is 7.55. The Morgan fingerprint density at radius 2 is 1.76 bits per heavy atom. The largest absolute Gasteiger partial charge is 0.497 e. The fourth-order valence-corrected chi connectivity index (χ4v) is 2.09. The summed E-state index contributed by atoms with van der Waals surface area (Å²) in [4.78, 5) is 29.4. The predicted octanol–water partition coefficient (Wildman–Crippen LogP) is 1.15. The van der Waals surface area contributed by atoms with Crippen molar-refractivity contribution in [3.8, 4) is 5.75 Å². The molecular weight excluding hydrogens is 270 g/mol. The third-order valence-corrected chi connectivity index (χ3v) is 3.02. The lowest BCUT2D eigenvalue weighted by Gasteiger charge is -2.23. The first-order chi connectivity index (χ1) is 9.80. The van der Waals surface area contributed by atoms with Gasteiger partial charge in [0.1, 0.15) is 23.7 Å². The molecule has 112 valence electrons. The van der Waals surface area contributed by atoms with E-state index in [4.69, 9.17) is 4.74 Å². The van der Waals surface area contributed by atoms with Gasteiger partial charge in [-0.3, -0.25) is 4.79 Å². The molecule has 0 saturated carbocycles. The number of rotatable bonds is 5. The maximum absolute atomic E-state index is 12.5. The maximum Gasteiger partial charge on any atom is 0.323 e. The van der Waals surface area contributed by atoms with Crippen LogP contribution >= 0.6 is 0 Å². The molecule has 1 aromatic carbocycles. The Morgan fingerprint density at radius 1 is 1.14 bits per heavy atom. The number of methoxy groups -OCH3 is 1. The van der Waals surface area contributed by atoms with Crippen molar-refractivity contribution >= 4 is 5.78 Å². The molecule has 6 nitrogen and oxygen atoms in total. The lowest BCUT2D eigenvalue weighted by Crippen LogP contribution is -2.34. The van der Waals surface area contributed by atoms with Gasteiger partial charge in [-0.05, 0) is 24.3 Å². The number of benzene rings is 1. The highest BCUT2D eigenvalue weighted by atomic mass is 16.5. The van der Waals surface area contributed by atoms with Crippen molar-refractivity contribution in [1.82, 2.24) is 9.97 Å². The fourth-order valence-electron chi connectivity index (χ4n) is 2.09. The van der Waals surface area contributed by atoms with E-state index in [0.717, 1.165) is 0 Å². The first-order valence-corrected chi connectivity index (χ1v) is 6.60. The van der Waals surface area contributed by atoms with Gasteiger partial charge in [-0.15, -0.1) is 0 Å². The van der Waals surface area contributed by atoms with Crippen LogP contribution in [-0.2, 0) is 6.54 Å². The van der Waals surface area contributed by atoms with Crippen LogP contribution in [0.2, 0.25) is 0 Å². The smallest absolute Gasteiger partial charge is 0.323 e. The molecular formula is C15H20N3O3+. The van der Waals surface area contributed by atoms with Gasteiger partial charge in [0.2, 0.25) is 5.78 Å². The number of carbonyl (C=O) groups excluding carboxylic acids is 1.